The summed E-state index contributed by atoms with van der Waals surface area (Å²) < 4.78 is 5.82. The molecule has 0 aliphatic carbocycles. The van der Waals surface area contributed by atoms with Gasteiger partial charge in [0.1, 0.15) is 0 Å². The van der Waals surface area contributed by atoms with Crippen LogP contribution in [0, 0.1) is 0 Å². The third-order valence-corrected chi connectivity index (χ3v) is 4.17. The van der Waals surface area contributed by atoms with Crippen molar-refractivity contribution < 1.29 is 9.53 Å². The molecule has 0 radical (unpaired) electrons. The van der Waals surface area contributed by atoms with Crippen LogP contribution in [0.15, 0.2) is 5.38 Å². The lowest BCUT2D eigenvalue weighted by Gasteiger charge is -2.32. The molecule has 2 heterocycles. The van der Waals surface area contributed by atoms with Crippen molar-refractivity contribution in [2.45, 2.75) is 38.8 Å². The highest BCUT2D eigenvalue weighted by Crippen LogP contribution is 2.17. The summed E-state index contributed by atoms with van der Waals surface area (Å²) in [4.78, 5) is 18.0. The fourth-order valence-corrected chi connectivity index (χ4v) is 3.06. The molecule has 1 unspecified atom stereocenters. The molecule has 0 spiro atoms. The molecule has 1 aliphatic heterocycles. The molecule has 0 saturated carbocycles. The predicted molar refractivity (Wildman–Crippen MR) is 78.3 cm³/mol. The number of thiazole rings is 1. The van der Waals surface area contributed by atoms with Gasteiger partial charge in [-0.2, -0.15) is 0 Å². The molecule has 3 N–H and O–H groups in total. The van der Waals surface area contributed by atoms with Gasteiger partial charge in [-0.1, -0.05) is 6.92 Å². The predicted octanol–water partition coefficient (Wildman–Crippen LogP) is 1.14. The van der Waals surface area contributed by atoms with Gasteiger partial charge < -0.3 is 4.74 Å². The van der Waals surface area contributed by atoms with Gasteiger partial charge in [0.15, 0.2) is 5.01 Å². The van der Waals surface area contributed by atoms with Crippen molar-refractivity contribution in [2.24, 2.45) is 5.84 Å². The molecular weight excluding hydrogens is 276 g/mol. The number of hydrogen-bond donors (Lipinski definition) is 2. The van der Waals surface area contributed by atoms with E-state index in [1.165, 1.54) is 11.3 Å². The second-order valence-corrected chi connectivity index (χ2v) is 5.85. The second-order valence-electron chi connectivity index (χ2n) is 4.99. The van der Waals surface area contributed by atoms with Gasteiger partial charge in [0.2, 0.25) is 0 Å². The topological polar surface area (TPSA) is 80.5 Å². The first-order valence-electron chi connectivity index (χ1n) is 7.02. The monoisotopic (exact) mass is 298 g/mol. The number of carbonyl (C=O) groups excluding carboxylic acids is 1. The molecule has 1 saturated heterocycles. The Morgan fingerprint density at radius 3 is 3.30 bits per heavy atom. The van der Waals surface area contributed by atoms with Gasteiger partial charge in [0, 0.05) is 25.1 Å². The second kappa shape index (κ2) is 7.68. The van der Waals surface area contributed by atoms with E-state index in [-0.39, 0.29) is 5.91 Å². The first-order chi connectivity index (χ1) is 9.72. The molecule has 2 rings (SSSR count). The summed E-state index contributed by atoms with van der Waals surface area (Å²) in [5.41, 5.74) is 3.02. The Balaban J connectivity index is 1.86. The highest BCUT2D eigenvalue weighted by Gasteiger charge is 2.21. The van der Waals surface area contributed by atoms with Crippen molar-refractivity contribution in [3.8, 4) is 0 Å². The van der Waals surface area contributed by atoms with Crippen molar-refractivity contribution in [2.75, 3.05) is 19.7 Å². The lowest BCUT2D eigenvalue weighted by Crippen LogP contribution is -2.39. The number of nitrogens with one attached hydrogen (secondary N) is 1. The van der Waals surface area contributed by atoms with Gasteiger partial charge in [-0.15, -0.1) is 11.3 Å². The lowest BCUT2D eigenvalue weighted by molar-refractivity contribution is -0.00249. The number of nitrogens with zero attached hydrogens (tertiary/aromatic N) is 2. The van der Waals surface area contributed by atoms with Crippen LogP contribution >= 0.6 is 11.3 Å². The van der Waals surface area contributed by atoms with E-state index in [0.717, 1.165) is 51.2 Å². The molecule has 1 fully saturated rings. The minimum atomic E-state index is -0.330. The van der Waals surface area contributed by atoms with Crippen molar-refractivity contribution >= 4 is 17.2 Å². The number of piperidine rings is 1. The largest absolute Gasteiger partial charge is 0.377 e. The van der Waals surface area contributed by atoms with Crippen LogP contribution in [0.2, 0.25) is 0 Å². The van der Waals surface area contributed by atoms with Crippen LogP contribution in [-0.2, 0) is 11.3 Å². The van der Waals surface area contributed by atoms with Crippen LogP contribution in [0.5, 0.6) is 0 Å². The Bertz CT molecular complexity index is 438. The normalized spacial score (nSPS) is 20.0. The average Bonchev–Trinajstić information content (AvgIpc) is 2.93. The summed E-state index contributed by atoms with van der Waals surface area (Å²) in [5.74, 6) is 4.77. The molecule has 6 nitrogen and oxygen atoms in total. The minimum absolute atomic E-state index is 0.328. The number of hydrazine groups is 1. The molecule has 0 aromatic carbocycles. The summed E-state index contributed by atoms with van der Waals surface area (Å²) in [5, 5.41) is 2.33. The fourth-order valence-electron chi connectivity index (χ4n) is 2.35. The summed E-state index contributed by atoms with van der Waals surface area (Å²) in [6.07, 6.45) is 3.66. The number of rotatable bonds is 6. The Hall–Kier alpha value is -1.02. The number of nitrogen functional groups attached to an aromatic ring is 1. The molecule has 112 valence electrons. The van der Waals surface area contributed by atoms with E-state index < -0.39 is 0 Å². The first kappa shape index (κ1) is 15.4. The van der Waals surface area contributed by atoms with E-state index >= 15 is 0 Å². The number of nitrogens with two attached hydrogens (primary N) is 1. The van der Waals surface area contributed by atoms with Crippen molar-refractivity contribution in [1.82, 2.24) is 15.3 Å². The van der Waals surface area contributed by atoms with E-state index in [2.05, 4.69) is 22.2 Å². The molecule has 20 heavy (non-hydrogen) atoms. The van der Waals surface area contributed by atoms with Crippen LogP contribution in [0.1, 0.15) is 41.7 Å². The molecule has 0 bridgehead atoms. The van der Waals surface area contributed by atoms with E-state index in [0.29, 0.717) is 11.1 Å². The highest BCUT2D eigenvalue weighted by atomic mass is 32.1. The van der Waals surface area contributed by atoms with Crippen LogP contribution in [-0.4, -0.2) is 41.6 Å². The zero-order valence-corrected chi connectivity index (χ0v) is 12.6. The fraction of sp³-hybridized carbons (Fsp3) is 0.692. The summed E-state index contributed by atoms with van der Waals surface area (Å²) in [6, 6.07) is 0. The molecule has 7 heteroatoms. The SMILES string of the molecule is CCCOC1CCCN(Cc2csc(C(=O)NN)n2)C1. The highest BCUT2D eigenvalue weighted by molar-refractivity contribution is 7.11. The average molecular weight is 298 g/mol. The Kier molecular flexibility index (Phi) is 5.90. The number of likely N-dealkylation sites (tertiary alicyclic amines) is 1. The van der Waals surface area contributed by atoms with Crippen molar-refractivity contribution in [3.05, 3.63) is 16.1 Å². The van der Waals surface area contributed by atoms with E-state index in [1.54, 1.807) is 0 Å². The molecule has 1 aromatic rings. The number of hydrogen-bond acceptors (Lipinski definition) is 6. The maximum atomic E-state index is 11.4. The maximum absolute atomic E-state index is 11.4. The van der Waals surface area contributed by atoms with Gasteiger partial charge in [-0.05, 0) is 25.8 Å². The van der Waals surface area contributed by atoms with E-state index in [1.807, 2.05) is 5.38 Å². The molecule has 1 atom stereocenters. The van der Waals surface area contributed by atoms with Gasteiger partial charge in [0.25, 0.3) is 5.91 Å². The smallest absolute Gasteiger partial charge is 0.294 e. The Morgan fingerprint density at radius 2 is 2.55 bits per heavy atom. The zero-order chi connectivity index (χ0) is 14.4. The summed E-state index contributed by atoms with van der Waals surface area (Å²) in [7, 11) is 0. The molecule has 1 aliphatic rings. The standard InChI is InChI=1S/C13H22N4O2S/c1-2-6-19-11-4-3-5-17(8-11)7-10-9-20-13(15-10)12(18)16-14/h9,11H,2-8,14H2,1H3,(H,16,18). The lowest BCUT2D eigenvalue weighted by atomic mass is 10.1. The molecule has 1 amide bonds. The van der Waals surface area contributed by atoms with Gasteiger partial charge >= 0.3 is 0 Å². The van der Waals surface area contributed by atoms with E-state index in [9.17, 15) is 4.79 Å². The van der Waals surface area contributed by atoms with Gasteiger partial charge in [-0.3, -0.25) is 15.1 Å². The number of amides is 1. The van der Waals surface area contributed by atoms with Crippen molar-refractivity contribution in [1.29, 1.82) is 0 Å². The summed E-state index contributed by atoms with van der Waals surface area (Å²) in [6.45, 7) is 5.72. The van der Waals surface area contributed by atoms with Gasteiger partial charge in [0.05, 0.1) is 11.8 Å². The zero-order valence-electron chi connectivity index (χ0n) is 11.8. The first-order valence-corrected chi connectivity index (χ1v) is 7.90. The van der Waals surface area contributed by atoms with Crippen LogP contribution in [0.3, 0.4) is 0 Å². The third kappa shape index (κ3) is 4.24. The number of ether oxygens (including phenoxy) is 1. The molecular formula is C13H22N4O2S. The number of aromatic nitrogens is 1. The molecule has 1 aromatic heterocycles. The summed E-state index contributed by atoms with van der Waals surface area (Å²) >= 11 is 1.32. The van der Waals surface area contributed by atoms with Crippen molar-refractivity contribution in [3.63, 3.8) is 0 Å². The van der Waals surface area contributed by atoms with Crippen LogP contribution < -0.4 is 11.3 Å². The quantitative estimate of drug-likeness (QED) is 0.467. The van der Waals surface area contributed by atoms with Gasteiger partial charge in [-0.25, -0.2) is 10.8 Å². The maximum Gasteiger partial charge on any atom is 0.294 e. The Morgan fingerprint density at radius 1 is 1.70 bits per heavy atom. The Labute approximate surface area is 123 Å². The van der Waals surface area contributed by atoms with E-state index in [4.69, 9.17) is 10.6 Å². The third-order valence-electron chi connectivity index (χ3n) is 3.28. The minimum Gasteiger partial charge on any atom is -0.377 e. The number of carbonyl (C=O) groups is 1. The van der Waals surface area contributed by atoms with Crippen LogP contribution in [0.4, 0.5) is 0 Å². The van der Waals surface area contributed by atoms with Crippen LogP contribution in [0.25, 0.3) is 0 Å².